The van der Waals surface area contributed by atoms with Crippen LogP contribution >= 0.6 is 0 Å². The van der Waals surface area contributed by atoms with E-state index in [-0.39, 0.29) is 5.91 Å². The van der Waals surface area contributed by atoms with E-state index in [1.165, 1.54) is 11.1 Å². The monoisotopic (exact) mass is 305 g/mol. The Morgan fingerprint density at radius 2 is 2.14 bits per heavy atom. The van der Waals surface area contributed by atoms with Crippen LogP contribution in [0.4, 0.5) is 0 Å². The molecular weight excluding hydrogens is 278 g/mol. The summed E-state index contributed by atoms with van der Waals surface area (Å²) < 4.78 is 4.93. The highest BCUT2D eigenvalue weighted by Crippen LogP contribution is 2.19. The van der Waals surface area contributed by atoms with E-state index >= 15 is 0 Å². The molecular formula is C17H27N3O2. The van der Waals surface area contributed by atoms with Gasteiger partial charge in [0.2, 0.25) is 5.91 Å². The number of methoxy groups -OCH3 is 1. The van der Waals surface area contributed by atoms with Gasteiger partial charge in [0.05, 0.1) is 13.2 Å². The summed E-state index contributed by atoms with van der Waals surface area (Å²) in [6.07, 6.45) is 1.09. The molecule has 22 heavy (non-hydrogen) atoms. The van der Waals surface area contributed by atoms with Gasteiger partial charge in [-0.2, -0.15) is 0 Å². The van der Waals surface area contributed by atoms with Gasteiger partial charge >= 0.3 is 0 Å². The van der Waals surface area contributed by atoms with Crippen molar-refractivity contribution in [1.82, 2.24) is 15.5 Å². The Morgan fingerprint density at radius 3 is 2.91 bits per heavy atom. The Hall–Kier alpha value is -1.43. The van der Waals surface area contributed by atoms with Crippen LogP contribution in [0.15, 0.2) is 24.3 Å². The molecule has 1 heterocycles. The molecule has 1 unspecified atom stereocenters. The van der Waals surface area contributed by atoms with Crippen molar-refractivity contribution < 1.29 is 9.53 Å². The quantitative estimate of drug-likeness (QED) is 0.697. The second-order valence-corrected chi connectivity index (χ2v) is 5.81. The van der Waals surface area contributed by atoms with Gasteiger partial charge in [-0.1, -0.05) is 24.3 Å². The number of carbonyl (C=O) groups is 1. The third kappa shape index (κ3) is 5.09. The number of amides is 1. The van der Waals surface area contributed by atoms with Crippen molar-refractivity contribution in [3.63, 3.8) is 0 Å². The molecule has 2 rings (SSSR count). The Labute approximate surface area is 133 Å². The fourth-order valence-electron chi connectivity index (χ4n) is 2.72. The van der Waals surface area contributed by atoms with Gasteiger partial charge in [0.15, 0.2) is 0 Å². The highest BCUT2D eigenvalue weighted by Gasteiger charge is 2.20. The molecule has 1 atom stereocenters. The number of hydrogen-bond donors (Lipinski definition) is 2. The molecule has 0 aromatic heterocycles. The highest BCUT2D eigenvalue weighted by molar-refractivity contribution is 5.77. The Kier molecular flexibility index (Phi) is 6.83. The van der Waals surface area contributed by atoms with Gasteiger partial charge in [-0.3, -0.25) is 9.69 Å². The smallest absolute Gasteiger partial charge is 0.234 e. The van der Waals surface area contributed by atoms with Gasteiger partial charge in [0.25, 0.3) is 0 Å². The summed E-state index contributed by atoms with van der Waals surface area (Å²) in [6.45, 7) is 6.55. The van der Waals surface area contributed by atoms with Crippen LogP contribution in [0, 0.1) is 0 Å². The first-order chi connectivity index (χ1) is 10.7. The van der Waals surface area contributed by atoms with E-state index in [1.54, 1.807) is 7.11 Å². The number of rotatable bonds is 8. The van der Waals surface area contributed by atoms with Crippen molar-refractivity contribution in [2.45, 2.75) is 25.9 Å². The Balaban J connectivity index is 1.70. The minimum absolute atomic E-state index is 0.0420. The maximum absolute atomic E-state index is 11.8. The second-order valence-electron chi connectivity index (χ2n) is 5.81. The molecule has 5 heteroatoms. The van der Waals surface area contributed by atoms with E-state index in [2.05, 4.69) is 46.7 Å². The van der Waals surface area contributed by atoms with Crippen LogP contribution in [0.5, 0.6) is 0 Å². The van der Waals surface area contributed by atoms with E-state index in [4.69, 9.17) is 4.74 Å². The zero-order valence-electron chi connectivity index (χ0n) is 13.6. The molecule has 1 aromatic rings. The minimum Gasteiger partial charge on any atom is -0.383 e. The average molecular weight is 305 g/mol. The van der Waals surface area contributed by atoms with Gasteiger partial charge in [-0.25, -0.2) is 0 Å². The molecule has 5 nitrogen and oxygen atoms in total. The maximum Gasteiger partial charge on any atom is 0.234 e. The first-order valence-electron chi connectivity index (χ1n) is 7.98. The van der Waals surface area contributed by atoms with Gasteiger partial charge in [-0.05, 0) is 24.5 Å². The number of nitrogens with one attached hydrogen (secondary N) is 2. The van der Waals surface area contributed by atoms with E-state index in [9.17, 15) is 4.79 Å². The van der Waals surface area contributed by atoms with Crippen molar-refractivity contribution >= 4 is 5.91 Å². The largest absolute Gasteiger partial charge is 0.383 e. The first kappa shape index (κ1) is 16.9. The van der Waals surface area contributed by atoms with E-state index in [0.717, 1.165) is 19.5 Å². The van der Waals surface area contributed by atoms with Crippen molar-refractivity contribution in [2.24, 2.45) is 0 Å². The third-order valence-corrected chi connectivity index (χ3v) is 4.15. The molecule has 1 aliphatic heterocycles. The van der Waals surface area contributed by atoms with E-state index in [1.807, 2.05) is 0 Å². The number of ether oxygens (including phenoxy) is 1. The van der Waals surface area contributed by atoms with E-state index < -0.39 is 0 Å². The summed E-state index contributed by atoms with van der Waals surface area (Å²) in [7, 11) is 1.65. The molecule has 0 aliphatic carbocycles. The number of nitrogens with zero attached hydrogens (tertiary/aromatic N) is 1. The van der Waals surface area contributed by atoms with Crippen LogP contribution in [-0.2, 0) is 22.5 Å². The maximum atomic E-state index is 11.8. The molecule has 0 radical (unpaired) electrons. The van der Waals surface area contributed by atoms with Gasteiger partial charge < -0.3 is 15.4 Å². The average Bonchev–Trinajstić information content (AvgIpc) is 2.56. The zero-order chi connectivity index (χ0) is 15.8. The predicted octanol–water partition coefficient (Wildman–Crippen LogP) is 0.785. The molecule has 0 saturated heterocycles. The lowest BCUT2D eigenvalue weighted by Crippen LogP contribution is -2.46. The van der Waals surface area contributed by atoms with Crippen LogP contribution in [0.3, 0.4) is 0 Å². The van der Waals surface area contributed by atoms with Crippen LogP contribution in [0.25, 0.3) is 0 Å². The molecule has 122 valence electrons. The summed E-state index contributed by atoms with van der Waals surface area (Å²) in [6, 6.07) is 8.96. The van der Waals surface area contributed by atoms with Gasteiger partial charge in [0.1, 0.15) is 0 Å². The summed E-state index contributed by atoms with van der Waals surface area (Å²) >= 11 is 0. The first-order valence-corrected chi connectivity index (χ1v) is 7.98. The molecule has 0 saturated carbocycles. The van der Waals surface area contributed by atoms with Crippen molar-refractivity contribution in [1.29, 1.82) is 0 Å². The summed E-state index contributed by atoms with van der Waals surface area (Å²) in [4.78, 5) is 14.2. The summed E-state index contributed by atoms with van der Waals surface area (Å²) in [5, 5.41) is 6.05. The number of fused-ring (bicyclic) bond motifs is 1. The zero-order valence-corrected chi connectivity index (χ0v) is 13.6. The fraction of sp³-hybridized carbons (Fsp3) is 0.588. The third-order valence-electron chi connectivity index (χ3n) is 4.15. The standard InChI is InChI=1S/C17H27N3O2/c1-14(11-19-17(21)12-18-8-10-22-2)20-9-7-15-5-3-4-6-16(15)13-20/h3-6,14,18H,7-13H2,1-2H3,(H,19,21). The lowest BCUT2D eigenvalue weighted by atomic mass is 9.99. The Morgan fingerprint density at radius 1 is 1.36 bits per heavy atom. The topological polar surface area (TPSA) is 53.6 Å². The molecule has 1 aromatic carbocycles. The van der Waals surface area contributed by atoms with Gasteiger partial charge in [0, 0.05) is 39.3 Å². The lowest BCUT2D eigenvalue weighted by Gasteiger charge is -2.33. The SMILES string of the molecule is COCCNCC(=O)NCC(C)N1CCc2ccccc2C1. The van der Waals surface area contributed by atoms with Crippen molar-refractivity contribution in [2.75, 3.05) is 39.9 Å². The predicted molar refractivity (Wildman–Crippen MR) is 87.8 cm³/mol. The second kappa shape index (κ2) is 8.88. The normalized spacial score (nSPS) is 16.1. The summed E-state index contributed by atoms with van der Waals surface area (Å²) in [5.74, 6) is 0.0420. The highest BCUT2D eigenvalue weighted by atomic mass is 16.5. The molecule has 2 N–H and O–H groups in total. The molecule has 0 bridgehead atoms. The van der Waals surface area contributed by atoms with Crippen LogP contribution in [0.1, 0.15) is 18.1 Å². The van der Waals surface area contributed by atoms with Crippen molar-refractivity contribution in [3.8, 4) is 0 Å². The van der Waals surface area contributed by atoms with Crippen LogP contribution < -0.4 is 10.6 Å². The molecule has 1 aliphatic rings. The summed E-state index contributed by atoms with van der Waals surface area (Å²) in [5.41, 5.74) is 2.87. The van der Waals surface area contributed by atoms with E-state index in [0.29, 0.717) is 32.3 Å². The van der Waals surface area contributed by atoms with Crippen molar-refractivity contribution in [3.05, 3.63) is 35.4 Å². The van der Waals surface area contributed by atoms with Crippen LogP contribution in [-0.4, -0.2) is 56.7 Å². The Bertz CT molecular complexity index is 479. The minimum atomic E-state index is 0.0420. The van der Waals surface area contributed by atoms with Crippen LogP contribution in [0.2, 0.25) is 0 Å². The number of carbonyl (C=O) groups excluding carboxylic acids is 1. The molecule has 0 fully saturated rings. The van der Waals surface area contributed by atoms with Gasteiger partial charge in [-0.15, -0.1) is 0 Å². The fourth-order valence-corrected chi connectivity index (χ4v) is 2.72. The molecule has 1 amide bonds. The number of benzene rings is 1. The number of hydrogen-bond acceptors (Lipinski definition) is 4. The molecule has 0 spiro atoms. The lowest BCUT2D eigenvalue weighted by molar-refractivity contribution is -0.120.